The Morgan fingerprint density at radius 3 is 2.52 bits per heavy atom. The summed E-state index contributed by atoms with van der Waals surface area (Å²) in [6.45, 7) is 10.2. The van der Waals surface area contributed by atoms with E-state index in [1.54, 1.807) is 33.9 Å². The number of hydrogen-bond acceptors (Lipinski definition) is 4. The van der Waals surface area contributed by atoms with E-state index in [-0.39, 0.29) is 19.1 Å². The van der Waals surface area contributed by atoms with Gasteiger partial charge in [-0.05, 0) is 26.3 Å². The first-order valence-corrected chi connectivity index (χ1v) is 10.3. The Bertz CT molecular complexity index is 759. The molecule has 1 atom stereocenters. The van der Waals surface area contributed by atoms with Crippen LogP contribution in [0.15, 0.2) is 43.0 Å². The SMILES string of the molecule is C=CC1CN(Cc2ccccc2)S(=O)(=O)N1CCN(C)C(=O)OC(C)(C)C. The lowest BCUT2D eigenvalue weighted by molar-refractivity contribution is 0.0292. The van der Waals surface area contributed by atoms with E-state index in [2.05, 4.69) is 6.58 Å². The predicted octanol–water partition coefficient (Wildman–Crippen LogP) is 2.47. The van der Waals surface area contributed by atoms with Crippen LogP contribution < -0.4 is 0 Å². The number of amides is 1. The summed E-state index contributed by atoms with van der Waals surface area (Å²) in [6, 6.07) is 9.14. The predicted molar refractivity (Wildman–Crippen MR) is 105 cm³/mol. The van der Waals surface area contributed by atoms with Gasteiger partial charge in [0.25, 0.3) is 10.2 Å². The highest BCUT2D eigenvalue weighted by Gasteiger charge is 2.42. The van der Waals surface area contributed by atoms with Gasteiger partial charge >= 0.3 is 6.09 Å². The Morgan fingerprint density at radius 2 is 1.96 bits per heavy atom. The molecule has 0 saturated carbocycles. The van der Waals surface area contributed by atoms with E-state index >= 15 is 0 Å². The molecule has 0 aliphatic carbocycles. The maximum Gasteiger partial charge on any atom is 0.410 e. The highest BCUT2D eigenvalue weighted by atomic mass is 32.2. The van der Waals surface area contributed by atoms with Crippen LogP contribution in [0.1, 0.15) is 26.3 Å². The summed E-state index contributed by atoms with van der Waals surface area (Å²) in [4.78, 5) is 13.5. The zero-order valence-electron chi connectivity index (χ0n) is 16.5. The van der Waals surface area contributed by atoms with Crippen molar-refractivity contribution in [2.45, 2.75) is 39.0 Å². The zero-order chi connectivity index (χ0) is 20.2. The van der Waals surface area contributed by atoms with Gasteiger partial charge in [-0.2, -0.15) is 17.0 Å². The van der Waals surface area contributed by atoms with E-state index in [9.17, 15) is 13.2 Å². The Kier molecular flexibility index (Phi) is 6.67. The van der Waals surface area contributed by atoms with Crippen LogP contribution in [0.3, 0.4) is 0 Å². The van der Waals surface area contributed by atoms with Crippen LogP contribution in [0, 0.1) is 0 Å². The molecule has 1 fully saturated rings. The maximum absolute atomic E-state index is 12.9. The van der Waals surface area contributed by atoms with Gasteiger partial charge in [-0.15, -0.1) is 6.58 Å². The molecule has 2 rings (SSSR count). The van der Waals surface area contributed by atoms with Gasteiger partial charge in [0.2, 0.25) is 0 Å². The summed E-state index contributed by atoms with van der Waals surface area (Å²) in [5, 5.41) is 0. The molecule has 1 aliphatic heterocycles. The van der Waals surface area contributed by atoms with Gasteiger partial charge in [0.05, 0.1) is 6.04 Å². The lowest BCUT2D eigenvalue weighted by atomic mass is 10.2. The Balaban J connectivity index is 2.04. The van der Waals surface area contributed by atoms with Crippen LogP contribution in [-0.2, 0) is 21.5 Å². The van der Waals surface area contributed by atoms with Crippen LogP contribution in [0.5, 0.6) is 0 Å². The van der Waals surface area contributed by atoms with E-state index in [0.717, 1.165) is 5.56 Å². The van der Waals surface area contributed by atoms with Crippen molar-refractivity contribution >= 4 is 16.3 Å². The molecule has 1 saturated heterocycles. The molecule has 1 aromatic carbocycles. The minimum atomic E-state index is -3.63. The van der Waals surface area contributed by atoms with Crippen molar-refractivity contribution in [1.82, 2.24) is 13.5 Å². The molecule has 1 unspecified atom stereocenters. The average Bonchev–Trinajstić information content (AvgIpc) is 2.82. The fraction of sp³-hybridized carbons (Fsp3) is 0.526. The Labute approximate surface area is 162 Å². The van der Waals surface area contributed by atoms with Crippen LogP contribution in [0.4, 0.5) is 4.79 Å². The number of likely N-dealkylation sites (N-methyl/N-ethyl adjacent to an activating group) is 1. The largest absolute Gasteiger partial charge is 0.444 e. The molecule has 0 bridgehead atoms. The monoisotopic (exact) mass is 395 g/mol. The molecule has 0 spiro atoms. The van der Waals surface area contributed by atoms with Gasteiger partial charge in [-0.25, -0.2) is 4.79 Å². The van der Waals surface area contributed by atoms with Crippen molar-refractivity contribution in [3.8, 4) is 0 Å². The molecule has 27 heavy (non-hydrogen) atoms. The van der Waals surface area contributed by atoms with Crippen molar-refractivity contribution in [2.75, 3.05) is 26.7 Å². The molecular weight excluding hydrogens is 366 g/mol. The van der Waals surface area contributed by atoms with Crippen molar-refractivity contribution in [3.05, 3.63) is 48.6 Å². The van der Waals surface area contributed by atoms with Crippen LogP contribution in [-0.4, -0.2) is 66.3 Å². The molecule has 1 aromatic rings. The third kappa shape index (κ3) is 5.54. The van der Waals surface area contributed by atoms with Crippen molar-refractivity contribution < 1.29 is 17.9 Å². The van der Waals surface area contributed by atoms with E-state index in [0.29, 0.717) is 13.1 Å². The molecule has 0 N–H and O–H groups in total. The fourth-order valence-electron chi connectivity index (χ4n) is 2.80. The summed E-state index contributed by atoms with van der Waals surface area (Å²) in [6.07, 6.45) is 1.16. The molecule has 1 aliphatic rings. The zero-order valence-corrected chi connectivity index (χ0v) is 17.3. The highest BCUT2D eigenvalue weighted by Crippen LogP contribution is 2.25. The van der Waals surface area contributed by atoms with Gasteiger partial charge < -0.3 is 9.64 Å². The van der Waals surface area contributed by atoms with Gasteiger partial charge in [-0.3, -0.25) is 0 Å². The summed E-state index contributed by atoms with van der Waals surface area (Å²) < 4.78 is 34.0. The molecule has 1 heterocycles. The first-order chi connectivity index (χ1) is 12.5. The van der Waals surface area contributed by atoms with Gasteiger partial charge in [0.15, 0.2) is 0 Å². The van der Waals surface area contributed by atoms with Crippen LogP contribution >= 0.6 is 0 Å². The number of nitrogens with zero attached hydrogens (tertiary/aromatic N) is 3. The van der Waals surface area contributed by atoms with Crippen molar-refractivity contribution in [2.24, 2.45) is 0 Å². The Hall–Kier alpha value is -1.90. The lowest BCUT2D eigenvalue weighted by Gasteiger charge is -2.27. The van der Waals surface area contributed by atoms with Crippen LogP contribution in [0.25, 0.3) is 0 Å². The average molecular weight is 396 g/mol. The first-order valence-electron chi connectivity index (χ1n) is 8.92. The molecule has 0 aromatic heterocycles. The molecular formula is C19H29N3O4S. The number of rotatable bonds is 6. The minimum absolute atomic E-state index is 0.181. The highest BCUT2D eigenvalue weighted by molar-refractivity contribution is 7.87. The molecule has 150 valence electrons. The fourth-order valence-corrected chi connectivity index (χ4v) is 4.56. The summed E-state index contributed by atoms with van der Waals surface area (Å²) in [5.41, 5.74) is 0.331. The normalized spacial score (nSPS) is 20.4. The Morgan fingerprint density at radius 1 is 1.33 bits per heavy atom. The smallest absolute Gasteiger partial charge is 0.410 e. The molecule has 7 nitrogen and oxygen atoms in total. The van der Waals surface area contributed by atoms with Crippen LogP contribution in [0.2, 0.25) is 0 Å². The van der Waals surface area contributed by atoms with E-state index in [4.69, 9.17) is 4.74 Å². The summed E-state index contributed by atoms with van der Waals surface area (Å²) in [7, 11) is -2.03. The molecule has 8 heteroatoms. The maximum atomic E-state index is 12.9. The summed E-state index contributed by atoms with van der Waals surface area (Å²) in [5.74, 6) is 0. The van der Waals surface area contributed by atoms with E-state index < -0.39 is 21.9 Å². The van der Waals surface area contributed by atoms with Gasteiger partial charge in [-0.1, -0.05) is 36.4 Å². The number of hydrogen-bond donors (Lipinski definition) is 0. The van der Waals surface area contributed by atoms with E-state index in [1.165, 1.54) is 13.5 Å². The summed E-state index contributed by atoms with van der Waals surface area (Å²) >= 11 is 0. The third-order valence-corrected chi connectivity index (χ3v) is 6.19. The van der Waals surface area contributed by atoms with Crippen molar-refractivity contribution in [1.29, 1.82) is 0 Å². The van der Waals surface area contributed by atoms with Gasteiger partial charge in [0.1, 0.15) is 5.60 Å². The number of benzene rings is 1. The molecule has 0 radical (unpaired) electrons. The lowest BCUT2D eigenvalue weighted by Crippen LogP contribution is -2.42. The second kappa shape index (κ2) is 8.41. The third-order valence-electron chi connectivity index (χ3n) is 4.22. The molecule has 1 amide bonds. The van der Waals surface area contributed by atoms with Crippen molar-refractivity contribution in [3.63, 3.8) is 0 Å². The number of ether oxygens (including phenoxy) is 1. The first kappa shape index (κ1) is 21.4. The van der Waals surface area contributed by atoms with E-state index in [1.807, 2.05) is 30.3 Å². The standard InChI is InChI=1S/C19H29N3O4S/c1-6-17-15-21(14-16-10-8-7-9-11-16)27(24,25)22(17)13-12-20(5)18(23)26-19(2,3)4/h6-11,17H,1,12-15H2,2-5H3. The second-order valence-electron chi connectivity index (χ2n) is 7.60. The number of carbonyl (C=O) groups is 1. The number of carbonyl (C=O) groups excluding carboxylic acids is 1. The minimum Gasteiger partial charge on any atom is -0.444 e. The topological polar surface area (TPSA) is 70.2 Å². The second-order valence-corrected chi connectivity index (χ2v) is 9.48. The quantitative estimate of drug-likeness (QED) is 0.694. The van der Waals surface area contributed by atoms with Gasteiger partial charge in [0, 0.05) is 33.2 Å².